The number of anilines is 1. The first kappa shape index (κ1) is 16.2. The third-order valence-corrected chi connectivity index (χ3v) is 4.17. The van der Waals surface area contributed by atoms with Crippen LogP contribution in [0.5, 0.6) is 0 Å². The lowest BCUT2D eigenvalue weighted by Gasteiger charge is -2.23. The fraction of sp³-hybridized carbons (Fsp3) is 0.312. The van der Waals surface area contributed by atoms with Gasteiger partial charge in [0.2, 0.25) is 5.91 Å². The van der Waals surface area contributed by atoms with E-state index in [9.17, 15) is 9.59 Å². The molecule has 0 aliphatic rings. The van der Waals surface area contributed by atoms with Crippen molar-refractivity contribution < 1.29 is 9.59 Å². The van der Waals surface area contributed by atoms with Gasteiger partial charge < -0.3 is 10.6 Å². The van der Waals surface area contributed by atoms with E-state index in [1.807, 2.05) is 19.9 Å². The summed E-state index contributed by atoms with van der Waals surface area (Å²) < 4.78 is 0. The van der Waals surface area contributed by atoms with Crippen molar-refractivity contribution in [3.05, 3.63) is 47.5 Å². The molecule has 0 aliphatic carbocycles. The van der Waals surface area contributed by atoms with Gasteiger partial charge in [0.05, 0.1) is 0 Å². The minimum Gasteiger partial charge on any atom is -0.340 e. The quantitative estimate of drug-likeness (QED) is 0.860. The maximum absolute atomic E-state index is 12.4. The van der Waals surface area contributed by atoms with Crippen LogP contribution in [0.25, 0.3) is 0 Å². The van der Waals surface area contributed by atoms with Gasteiger partial charge in [-0.3, -0.25) is 9.59 Å². The fourth-order valence-electron chi connectivity index (χ4n) is 1.98. The normalized spacial score (nSPS) is 13.2. The Balaban J connectivity index is 2.09. The average molecular weight is 317 g/mol. The van der Waals surface area contributed by atoms with Gasteiger partial charge in [-0.15, -0.1) is 11.3 Å². The second kappa shape index (κ2) is 7.70. The van der Waals surface area contributed by atoms with Gasteiger partial charge in [-0.25, -0.2) is 4.98 Å². The fourth-order valence-corrected chi connectivity index (χ4v) is 2.52. The maximum Gasteiger partial charge on any atom is 0.251 e. The molecule has 5 nitrogen and oxygen atoms in total. The van der Waals surface area contributed by atoms with Crippen LogP contribution in [0.1, 0.15) is 30.6 Å². The molecule has 0 unspecified atom stereocenters. The summed E-state index contributed by atoms with van der Waals surface area (Å²) in [5, 5.41) is 7.89. The minimum atomic E-state index is -0.596. The SMILES string of the molecule is CC[C@H](C)[C@H](NC(=O)c1ccccc1)C(=O)Nc1nccs1. The topological polar surface area (TPSA) is 71.1 Å². The molecule has 0 fully saturated rings. The molecule has 0 saturated carbocycles. The summed E-state index contributed by atoms with van der Waals surface area (Å²) in [6.07, 6.45) is 2.41. The van der Waals surface area contributed by atoms with Crippen LogP contribution < -0.4 is 10.6 Å². The number of amides is 2. The molecule has 22 heavy (non-hydrogen) atoms. The Morgan fingerprint density at radius 3 is 2.59 bits per heavy atom. The Hall–Kier alpha value is -2.21. The highest BCUT2D eigenvalue weighted by atomic mass is 32.1. The summed E-state index contributed by atoms with van der Waals surface area (Å²) in [5.41, 5.74) is 0.540. The molecule has 0 radical (unpaired) electrons. The van der Waals surface area contributed by atoms with E-state index in [4.69, 9.17) is 0 Å². The smallest absolute Gasteiger partial charge is 0.251 e. The number of hydrogen-bond donors (Lipinski definition) is 2. The Labute approximate surface area is 133 Å². The van der Waals surface area contributed by atoms with Crippen molar-refractivity contribution in [1.82, 2.24) is 10.3 Å². The minimum absolute atomic E-state index is 0.0209. The van der Waals surface area contributed by atoms with Crippen molar-refractivity contribution in [3.8, 4) is 0 Å². The van der Waals surface area contributed by atoms with Crippen molar-refractivity contribution in [2.24, 2.45) is 5.92 Å². The molecule has 2 aromatic rings. The number of nitrogens with zero attached hydrogens (tertiary/aromatic N) is 1. The molecule has 2 amide bonds. The zero-order valence-corrected chi connectivity index (χ0v) is 13.4. The summed E-state index contributed by atoms with van der Waals surface area (Å²) in [4.78, 5) is 28.7. The standard InChI is InChI=1S/C16H19N3O2S/c1-3-11(2)13(15(21)19-16-17-9-10-22-16)18-14(20)12-7-5-4-6-8-12/h4-11,13H,3H2,1-2H3,(H,18,20)(H,17,19,21)/t11-,13-/m0/s1. The zero-order chi connectivity index (χ0) is 15.9. The molecule has 2 atom stereocenters. The van der Waals surface area contributed by atoms with Gasteiger partial charge in [0, 0.05) is 17.1 Å². The number of aromatic nitrogens is 1. The Morgan fingerprint density at radius 2 is 2.00 bits per heavy atom. The van der Waals surface area contributed by atoms with Crippen LogP contribution in [-0.4, -0.2) is 22.8 Å². The third kappa shape index (κ3) is 4.14. The van der Waals surface area contributed by atoms with Crippen LogP contribution in [0.2, 0.25) is 0 Å². The maximum atomic E-state index is 12.4. The van der Waals surface area contributed by atoms with E-state index in [2.05, 4.69) is 15.6 Å². The molecule has 116 valence electrons. The first-order chi connectivity index (χ1) is 10.6. The lowest BCUT2D eigenvalue weighted by molar-refractivity contribution is -0.119. The molecule has 1 heterocycles. The number of carbonyl (C=O) groups excluding carboxylic acids is 2. The van der Waals surface area contributed by atoms with Gasteiger partial charge in [-0.2, -0.15) is 0 Å². The number of hydrogen-bond acceptors (Lipinski definition) is 4. The summed E-state index contributed by atoms with van der Waals surface area (Å²) in [6.45, 7) is 3.93. The molecule has 2 rings (SSSR count). The van der Waals surface area contributed by atoms with Crippen LogP contribution >= 0.6 is 11.3 Å². The second-order valence-corrected chi connectivity index (χ2v) is 5.92. The first-order valence-corrected chi connectivity index (χ1v) is 8.06. The zero-order valence-electron chi connectivity index (χ0n) is 12.6. The molecule has 1 aromatic carbocycles. The summed E-state index contributed by atoms with van der Waals surface area (Å²) in [5.74, 6) is -0.471. The van der Waals surface area contributed by atoms with Gasteiger partial charge in [0.1, 0.15) is 6.04 Å². The van der Waals surface area contributed by atoms with Crippen molar-refractivity contribution in [1.29, 1.82) is 0 Å². The van der Waals surface area contributed by atoms with Gasteiger partial charge in [0.25, 0.3) is 5.91 Å². The molecule has 2 N–H and O–H groups in total. The van der Waals surface area contributed by atoms with Gasteiger partial charge in [-0.05, 0) is 18.1 Å². The molecule has 1 aromatic heterocycles. The van der Waals surface area contributed by atoms with E-state index in [1.165, 1.54) is 11.3 Å². The molecule has 0 spiro atoms. The predicted molar refractivity (Wildman–Crippen MR) is 87.9 cm³/mol. The van der Waals surface area contributed by atoms with Crippen molar-refractivity contribution in [2.75, 3.05) is 5.32 Å². The van der Waals surface area contributed by atoms with Crippen molar-refractivity contribution in [3.63, 3.8) is 0 Å². The van der Waals surface area contributed by atoms with E-state index in [0.29, 0.717) is 10.7 Å². The molecular formula is C16H19N3O2S. The highest BCUT2D eigenvalue weighted by Crippen LogP contribution is 2.15. The monoisotopic (exact) mass is 317 g/mol. The molecular weight excluding hydrogens is 298 g/mol. The highest BCUT2D eigenvalue weighted by molar-refractivity contribution is 7.13. The predicted octanol–water partition coefficient (Wildman–Crippen LogP) is 2.93. The Kier molecular flexibility index (Phi) is 5.66. The average Bonchev–Trinajstić information content (AvgIpc) is 3.05. The van der Waals surface area contributed by atoms with E-state index in [-0.39, 0.29) is 17.7 Å². The van der Waals surface area contributed by atoms with E-state index >= 15 is 0 Å². The van der Waals surface area contributed by atoms with E-state index in [1.54, 1.807) is 35.8 Å². The van der Waals surface area contributed by atoms with Crippen molar-refractivity contribution in [2.45, 2.75) is 26.3 Å². The Bertz CT molecular complexity index is 614. The summed E-state index contributed by atoms with van der Waals surface area (Å²) in [7, 11) is 0. The van der Waals surface area contributed by atoms with E-state index < -0.39 is 6.04 Å². The van der Waals surface area contributed by atoms with Crippen molar-refractivity contribution >= 4 is 28.3 Å². The molecule has 6 heteroatoms. The third-order valence-electron chi connectivity index (χ3n) is 3.48. The lowest BCUT2D eigenvalue weighted by Crippen LogP contribution is -2.47. The first-order valence-electron chi connectivity index (χ1n) is 7.18. The highest BCUT2D eigenvalue weighted by Gasteiger charge is 2.26. The lowest BCUT2D eigenvalue weighted by atomic mass is 9.98. The van der Waals surface area contributed by atoms with Gasteiger partial charge >= 0.3 is 0 Å². The summed E-state index contributed by atoms with van der Waals surface area (Å²) >= 11 is 1.35. The largest absolute Gasteiger partial charge is 0.340 e. The summed E-state index contributed by atoms with van der Waals surface area (Å²) in [6, 6.07) is 8.29. The number of benzene rings is 1. The van der Waals surface area contributed by atoms with Gasteiger partial charge in [0.15, 0.2) is 5.13 Å². The van der Waals surface area contributed by atoms with Gasteiger partial charge in [-0.1, -0.05) is 38.5 Å². The van der Waals surface area contributed by atoms with E-state index in [0.717, 1.165) is 6.42 Å². The van der Waals surface area contributed by atoms with Crippen LogP contribution in [0, 0.1) is 5.92 Å². The van der Waals surface area contributed by atoms with Crippen LogP contribution in [-0.2, 0) is 4.79 Å². The Morgan fingerprint density at radius 1 is 1.27 bits per heavy atom. The number of rotatable bonds is 6. The number of thiazole rings is 1. The number of nitrogens with one attached hydrogen (secondary N) is 2. The molecule has 0 bridgehead atoms. The second-order valence-electron chi connectivity index (χ2n) is 5.03. The van der Waals surface area contributed by atoms with Crippen LogP contribution in [0.15, 0.2) is 41.9 Å². The number of carbonyl (C=O) groups is 2. The van der Waals surface area contributed by atoms with Crippen LogP contribution in [0.4, 0.5) is 5.13 Å². The molecule has 0 saturated heterocycles. The molecule has 0 aliphatic heterocycles. The van der Waals surface area contributed by atoms with Crippen LogP contribution in [0.3, 0.4) is 0 Å².